The number of amides is 1. The van der Waals surface area contributed by atoms with Gasteiger partial charge in [0.25, 0.3) is 5.91 Å². The van der Waals surface area contributed by atoms with Gasteiger partial charge in [-0.1, -0.05) is 44.2 Å². The first-order valence-electron chi connectivity index (χ1n) is 9.29. The van der Waals surface area contributed by atoms with Crippen LogP contribution in [0, 0.1) is 5.92 Å². The predicted octanol–water partition coefficient (Wildman–Crippen LogP) is 3.32. The zero-order valence-corrected chi connectivity index (χ0v) is 16.5. The highest BCUT2D eigenvalue weighted by atomic mass is 16.7. The first-order chi connectivity index (χ1) is 13.9. The van der Waals surface area contributed by atoms with Gasteiger partial charge in [0.05, 0.1) is 23.4 Å². The number of fused-ring (bicyclic) bond motifs is 1. The molecule has 0 aliphatic rings. The van der Waals surface area contributed by atoms with Gasteiger partial charge in [-0.2, -0.15) is 4.99 Å². The molecule has 7 heteroatoms. The van der Waals surface area contributed by atoms with E-state index in [1.807, 2.05) is 48.5 Å². The van der Waals surface area contributed by atoms with Gasteiger partial charge < -0.3 is 20.9 Å². The summed E-state index contributed by atoms with van der Waals surface area (Å²) in [5.41, 5.74) is 13.2. The summed E-state index contributed by atoms with van der Waals surface area (Å²) in [7, 11) is 0. The van der Waals surface area contributed by atoms with Gasteiger partial charge in [-0.3, -0.25) is 4.79 Å². The van der Waals surface area contributed by atoms with E-state index in [9.17, 15) is 4.79 Å². The number of ether oxygens (including phenoxy) is 2. The highest BCUT2D eigenvalue weighted by Crippen LogP contribution is 2.27. The monoisotopic (exact) mass is 392 g/mol. The van der Waals surface area contributed by atoms with Crippen LogP contribution in [0.1, 0.15) is 24.2 Å². The first kappa shape index (κ1) is 20.3. The Morgan fingerprint density at radius 1 is 1.10 bits per heavy atom. The van der Waals surface area contributed by atoms with Crippen molar-refractivity contribution in [2.24, 2.45) is 22.4 Å². The second-order valence-electron chi connectivity index (χ2n) is 6.97. The highest BCUT2D eigenvalue weighted by Gasteiger charge is 2.14. The molecule has 0 unspecified atom stereocenters. The maximum absolute atomic E-state index is 12.5. The van der Waals surface area contributed by atoms with Crippen LogP contribution in [0.2, 0.25) is 0 Å². The molecule has 0 fully saturated rings. The molecule has 29 heavy (non-hydrogen) atoms. The summed E-state index contributed by atoms with van der Waals surface area (Å²) in [6, 6.07) is 16.5. The van der Waals surface area contributed by atoms with E-state index in [1.54, 1.807) is 6.07 Å². The molecule has 1 heterocycles. The SMILES string of the molecule is CC(C)COCOc1cccc(-c2cc(C(=O)N=C(N)N)c3ccccc3n2)c1. The molecule has 1 amide bonds. The number of hydrogen-bond acceptors (Lipinski definition) is 4. The number of hydrogen-bond donors (Lipinski definition) is 2. The van der Waals surface area contributed by atoms with Gasteiger partial charge in [0.15, 0.2) is 12.8 Å². The zero-order chi connectivity index (χ0) is 20.8. The lowest BCUT2D eigenvalue weighted by atomic mass is 10.0. The predicted molar refractivity (Wildman–Crippen MR) is 114 cm³/mol. The fraction of sp³-hybridized carbons (Fsp3) is 0.227. The third-order valence-electron chi connectivity index (χ3n) is 4.07. The standard InChI is InChI=1S/C22H24N4O3/c1-14(2)12-28-13-29-16-7-5-6-15(10-16)20-11-18(21(27)26-22(23)24)17-8-3-4-9-19(17)25-20/h3-11,14H,12-13H2,1-2H3,(H4,23,24,26,27). The second-order valence-corrected chi connectivity index (χ2v) is 6.97. The Morgan fingerprint density at radius 3 is 2.66 bits per heavy atom. The second kappa shape index (κ2) is 9.16. The molecule has 0 bridgehead atoms. The first-order valence-corrected chi connectivity index (χ1v) is 9.29. The summed E-state index contributed by atoms with van der Waals surface area (Å²) in [4.78, 5) is 20.9. The van der Waals surface area contributed by atoms with Crippen LogP contribution in [-0.4, -0.2) is 30.3 Å². The van der Waals surface area contributed by atoms with Crippen LogP contribution >= 0.6 is 0 Å². The van der Waals surface area contributed by atoms with Crippen LogP contribution in [0.15, 0.2) is 59.6 Å². The normalized spacial score (nSPS) is 10.9. The van der Waals surface area contributed by atoms with Crippen molar-refractivity contribution in [1.29, 1.82) is 0 Å². The number of carbonyl (C=O) groups is 1. The van der Waals surface area contributed by atoms with E-state index in [4.69, 9.17) is 20.9 Å². The number of aliphatic imine (C=N–C) groups is 1. The van der Waals surface area contributed by atoms with E-state index in [2.05, 4.69) is 23.8 Å². The zero-order valence-electron chi connectivity index (χ0n) is 16.5. The topological polar surface area (TPSA) is 113 Å². The quantitative estimate of drug-likeness (QED) is 0.276. The van der Waals surface area contributed by atoms with Crippen LogP contribution in [0.4, 0.5) is 0 Å². The van der Waals surface area contributed by atoms with Crippen molar-refractivity contribution < 1.29 is 14.3 Å². The minimum absolute atomic E-state index is 0.168. The molecule has 0 spiro atoms. The molecule has 4 N–H and O–H groups in total. The largest absolute Gasteiger partial charge is 0.468 e. The Hall–Kier alpha value is -3.45. The Morgan fingerprint density at radius 2 is 1.90 bits per heavy atom. The molecule has 0 aliphatic carbocycles. The lowest BCUT2D eigenvalue weighted by molar-refractivity contribution is 0.00275. The molecule has 2 aromatic carbocycles. The molecular formula is C22H24N4O3. The molecule has 0 radical (unpaired) electrons. The molecule has 0 saturated carbocycles. The van der Waals surface area contributed by atoms with E-state index < -0.39 is 5.91 Å². The molecule has 0 saturated heterocycles. The van der Waals surface area contributed by atoms with E-state index >= 15 is 0 Å². The van der Waals surface area contributed by atoms with E-state index in [0.717, 1.165) is 5.56 Å². The number of guanidine groups is 1. The van der Waals surface area contributed by atoms with Gasteiger partial charge >= 0.3 is 0 Å². The van der Waals surface area contributed by atoms with Gasteiger partial charge in [-0.15, -0.1) is 0 Å². The van der Waals surface area contributed by atoms with Crippen LogP contribution in [0.3, 0.4) is 0 Å². The number of carbonyl (C=O) groups excluding carboxylic acids is 1. The maximum Gasteiger partial charge on any atom is 0.280 e. The van der Waals surface area contributed by atoms with Crippen molar-refractivity contribution in [2.45, 2.75) is 13.8 Å². The summed E-state index contributed by atoms with van der Waals surface area (Å²) in [6.07, 6.45) is 0. The molecular weight excluding hydrogens is 368 g/mol. The average molecular weight is 392 g/mol. The Bertz CT molecular complexity index is 1040. The van der Waals surface area contributed by atoms with Gasteiger partial charge in [0, 0.05) is 10.9 Å². The molecule has 3 rings (SSSR count). The van der Waals surface area contributed by atoms with Gasteiger partial charge in [0.2, 0.25) is 0 Å². The number of aromatic nitrogens is 1. The fourth-order valence-corrected chi connectivity index (χ4v) is 2.82. The summed E-state index contributed by atoms with van der Waals surface area (Å²) in [5.74, 6) is 0.291. The highest BCUT2D eigenvalue weighted by molar-refractivity contribution is 6.10. The van der Waals surface area contributed by atoms with Gasteiger partial charge in [-0.05, 0) is 30.2 Å². The molecule has 0 aliphatic heterocycles. The average Bonchev–Trinajstić information content (AvgIpc) is 2.70. The van der Waals surface area contributed by atoms with Crippen molar-refractivity contribution in [3.8, 4) is 17.0 Å². The van der Waals surface area contributed by atoms with E-state index in [-0.39, 0.29) is 12.8 Å². The lowest BCUT2D eigenvalue weighted by Gasteiger charge is -2.11. The minimum atomic E-state index is -0.514. The Balaban J connectivity index is 1.94. The van der Waals surface area contributed by atoms with Crippen molar-refractivity contribution >= 4 is 22.8 Å². The Kier molecular flexibility index (Phi) is 6.41. The summed E-state index contributed by atoms with van der Waals surface area (Å²) in [6.45, 7) is 4.95. The molecule has 0 atom stereocenters. The third kappa shape index (κ3) is 5.30. The summed E-state index contributed by atoms with van der Waals surface area (Å²) >= 11 is 0. The maximum atomic E-state index is 12.5. The molecule has 1 aromatic heterocycles. The number of rotatable bonds is 7. The number of nitrogens with zero attached hydrogens (tertiary/aromatic N) is 2. The molecule has 150 valence electrons. The van der Waals surface area contributed by atoms with Crippen molar-refractivity contribution in [3.63, 3.8) is 0 Å². The number of pyridine rings is 1. The van der Waals surface area contributed by atoms with E-state index in [1.165, 1.54) is 0 Å². The van der Waals surface area contributed by atoms with Gasteiger partial charge in [0.1, 0.15) is 5.75 Å². The fourth-order valence-electron chi connectivity index (χ4n) is 2.82. The summed E-state index contributed by atoms with van der Waals surface area (Å²) in [5, 5.41) is 0.681. The summed E-state index contributed by atoms with van der Waals surface area (Å²) < 4.78 is 11.1. The molecule has 7 nitrogen and oxygen atoms in total. The number of nitrogens with two attached hydrogens (primary N) is 2. The van der Waals surface area contributed by atoms with Crippen LogP contribution in [-0.2, 0) is 4.74 Å². The van der Waals surface area contributed by atoms with Crippen LogP contribution < -0.4 is 16.2 Å². The Labute approximate surface area is 169 Å². The third-order valence-corrected chi connectivity index (χ3v) is 4.07. The number of benzene rings is 2. The lowest BCUT2D eigenvalue weighted by Crippen LogP contribution is -2.24. The van der Waals surface area contributed by atoms with Gasteiger partial charge in [-0.25, -0.2) is 4.98 Å². The van der Waals surface area contributed by atoms with Crippen molar-refractivity contribution in [1.82, 2.24) is 4.98 Å². The van der Waals surface area contributed by atoms with E-state index in [0.29, 0.717) is 40.4 Å². The minimum Gasteiger partial charge on any atom is -0.468 e. The van der Waals surface area contributed by atoms with Crippen LogP contribution in [0.5, 0.6) is 5.75 Å². The smallest absolute Gasteiger partial charge is 0.280 e. The molecule has 3 aromatic rings. The van der Waals surface area contributed by atoms with Crippen molar-refractivity contribution in [3.05, 3.63) is 60.2 Å². The van der Waals surface area contributed by atoms with Crippen molar-refractivity contribution in [2.75, 3.05) is 13.4 Å². The van der Waals surface area contributed by atoms with Crippen LogP contribution in [0.25, 0.3) is 22.2 Å². The number of para-hydroxylation sites is 1.